The van der Waals surface area contributed by atoms with Gasteiger partial charge in [0.05, 0.1) is 6.61 Å². The molecular weight excluding hydrogens is 282 g/mol. The molecule has 0 heterocycles. The van der Waals surface area contributed by atoms with Crippen LogP contribution in [0.1, 0.15) is 11.1 Å². The van der Waals surface area contributed by atoms with Crippen molar-refractivity contribution in [3.05, 3.63) is 84.9 Å². The fourth-order valence-electron chi connectivity index (χ4n) is 2.08. The summed E-state index contributed by atoms with van der Waals surface area (Å²) in [5.74, 6) is 0. The number of methoxy groups -OCH3 is 1. The monoisotopic (exact) mass is 309 g/mol. The number of likely N-dealkylation sites (N-methyl/N-ethyl adjacent to an activating group) is 1. The molecule has 122 valence electrons. The van der Waals surface area contributed by atoms with Gasteiger partial charge in [-0.2, -0.15) is 0 Å². The van der Waals surface area contributed by atoms with Crippen LogP contribution in [0.5, 0.6) is 0 Å². The molecule has 0 bridgehead atoms. The number of nitrogens with zero attached hydrogens (tertiary/aromatic N) is 1. The molecule has 0 amide bonds. The molecule has 2 heteroatoms. The van der Waals surface area contributed by atoms with Crippen LogP contribution in [-0.4, -0.2) is 39.3 Å². The predicted molar refractivity (Wildman–Crippen MR) is 101 cm³/mol. The lowest BCUT2D eigenvalue weighted by Crippen LogP contribution is -2.13. The Balaban J connectivity index is 0.000000231. The van der Waals surface area contributed by atoms with E-state index in [0.717, 1.165) is 17.7 Å². The lowest BCUT2D eigenvalue weighted by Gasteiger charge is -2.11. The molecule has 0 fully saturated rings. The quantitative estimate of drug-likeness (QED) is 0.773. The Hall–Kier alpha value is -2.16. The third kappa shape index (κ3) is 7.59. The average Bonchev–Trinajstić information content (AvgIpc) is 2.57. The fraction of sp³-hybridized carbons (Fsp3) is 0.238. The van der Waals surface area contributed by atoms with Crippen molar-refractivity contribution in [1.82, 2.24) is 4.90 Å². The van der Waals surface area contributed by atoms with Gasteiger partial charge in [-0.1, -0.05) is 73.8 Å². The summed E-state index contributed by atoms with van der Waals surface area (Å²) in [6, 6.07) is 20.3. The predicted octanol–water partition coefficient (Wildman–Crippen LogP) is 4.61. The molecule has 0 saturated heterocycles. The Morgan fingerprint density at radius 1 is 0.826 bits per heavy atom. The number of hydrogen-bond acceptors (Lipinski definition) is 2. The van der Waals surface area contributed by atoms with Gasteiger partial charge in [-0.3, -0.25) is 0 Å². The lowest BCUT2D eigenvalue weighted by atomic mass is 10.1. The first kappa shape index (κ1) is 18.9. The maximum Gasteiger partial charge on any atom is 0.0713 e. The van der Waals surface area contributed by atoms with Crippen molar-refractivity contribution < 1.29 is 4.74 Å². The van der Waals surface area contributed by atoms with E-state index in [2.05, 4.69) is 30.2 Å². The second-order valence-electron chi connectivity index (χ2n) is 5.61. The SMILES string of the molecule is C=C(CN(C)C)c1ccccc1.C=C(COC)c1ccccc1. The molecule has 23 heavy (non-hydrogen) atoms. The first-order valence-corrected chi connectivity index (χ1v) is 7.64. The van der Waals surface area contributed by atoms with Gasteiger partial charge in [0.15, 0.2) is 0 Å². The number of benzene rings is 2. The van der Waals surface area contributed by atoms with Crippen LogP contribution in [0.15, 0.2) is 73.8 Å². The van der Waals surface area contributed by atoms with E-state index in [1.807, 2.05) is 62.6 Å². The average molecular weight is 309 g/mol. The summed E-state index contributed by atoms with van der Waals surface area (Å²) in [5.41, 5.74) is 4.56. The summed E-state index contributed by atoms with van der Waals surface area (Å²) in [7, 11) is 5.77. The molecular formula is C21H27NO. The van der Waals surface area contributed by atoms with Crippen molar-refractivity contribution in [3.63, 3.8) is 0 Å². The Labute approximate surface area is 140 Å². The standard InChI is InChI=1S/C11H15N.C10H12O/c1-10(9-12(2)3)11-7-5-4-6-8-11;1-9(8-11-2)10-6-4-3-5-7-10/h4-8H,1,9H2,2-3H3;3-7H,1,8H2,2H3. The van der Waals surface area contributed by atoms with Gasteiger partial charge in [0, 0.05) is 13.7 Å². The van der Waals surface area contributed by atoms with Crippen LogP contribution >= 0.6 is 0 Å². The molecule has 0 atom stereocenters. The van der Waals surface area contributed by atoms with E-state index in [-0.39, 0.29) is 0 Å². The third-order valence-corrected chi connectivity index (χ3v) is 3.19. The highest BCUT2D eigenvalue weighted by Crippen LogP contribution is 2.11. The van der Waals surface area contributed by atoms with E-state index in [1.54, 1.807) is 7.11 Å². The summed E-state index contributed by atoms with van der Waals surface area (Å²) < 4.78 is 4.96. The molecule has 0 N–H and O–H groups in total. The first-order chi connectivity index (χ1) is 11.0. The zero-order valence-electron chi connectivity index (χ0n) is 14.5. The summed E-state index contributed by atoms with van der Waals surface area (Å²) in [5, 5.41) is 0. The summed E-state index contributed by atoms with van der Waals surface area (Å²) in [4.78, 5) is 2.12. The van der Waals surface area contributed by atoms with Gasteiger partial charge < -0.3 is 9.64 Å². The highest BCUT2D eigenvalue weighted by atomic mass is 16.5. The Bertz CT molecular complexity index is 588. The lowest BCUT2D eigenvalue weighted by molar-refractivity contribution is 0.240. The van der Waals surface area contributed by atoms with Crippen molar-refractivity contribution in [2.24, 2.45) is 0 Å². The molecule has 2 rings (SSSR count). The van der Waals surface area contributed by atoms with Crippen molar-refractivity contribution in [2.45, 2.75) is 0 Å². The van der Waals surface area contributed by atoms with Crippen LogP contribution in [0.4, 0.5) is 0 Å². The Kier molecular flexibility index (Phi) is 8.66. The fourth-order valence-corrected chi connectivity index (χ4v) is 2.08. The molecule has 0 aromatic heterocycles. The summed E-state index contributed by atoms with van der Waals surface area (Å²) in [6.45, 7) is 9.43. The van der Waals surface area contributed by atoms with E-state index in [4.69, 9.17) is 4.74 Å². The molecule has 0 aliphatic carbocycles. The van der Waals surface area contributed by atoms with Crippen LogP contribution in [0, 0.1) is 0 Å². The topological polar surface area (TPSA) is 12.5 Å². The first-order valence-electron chi connectivity index (χ1n) is 7.64. The second kappa shape index (κ2) is 10.5. The van der Waals surface area contributed by atoms with E-state index >= 15 is 0 Å². The number of ether oxygens (including phenoxy) is 1. The normalized spacial score (nSPS) is 9.91. The van der Waals surface area contributed by atoms with Crippen molar-refractivity contribution in [3.8, 4) is 0 Å². The zero-order valence-corrected chi connectivity index (χ0v) is 14.5. The molecule has 0 aliphatic heterocycles. The van der Waals surface area contributed by atoms with Crippen LogP contribution in [-0.2, 0) is 4.74 Å². The molecule has 2 aromatic carbocycles. The molecule has 0 spiro atoms. The molecule has 0 aliphatic rings. The van der Waals surface area contributed by atoms with Crippen molar-refractivity contribution in [1.29, 1.82) is 0 Å². The van der Waals surface area contributed by atoms with Crippen LogP contribution in [0.25, 0.3) is 11.1 Å². The molecule has 0 radical (unpaired) electrons. The molecule has 0 unspecified atom stereocenters. The van der Waals surface area contributed by atoms with Crippen LogP contribution < -0.4 is 0 Å². The van der Waals surface area contributed by atoms with E-state index in [9.17, 15) is 0 Å². The molecule has 0 saturated carbocycles. The van der Waals surface area contributed by atoms with Crippen LogP contribution in [0.2, 0.25) is 0 Å². The smallest absolute Gasteiger partial charge is 0.0713 e. The minimum atomic E-state index is 0.601. The van der Waals surface area contributed by atoms with E-state index in [0.29, 0.717) is 6.61 Å². The van der Waals surface area contributed by atoms with Crippen molar-refractivity contribution in [2.75, 3.05) is 34.4 Å². The van der Waals surface area contributed by atoms with Crippen LogP contribution in [0.3, 0.4) is 0 Å². The Morgan fingerprint density at radius 3 is 1.65 bits per heavy atom. The zero-order chi connectivity index (χ0) is 17.1. The molecule has 2 nitrogen and oxygen atoms in total. The van der Waals surface area contributed by atoms with Gasteiger partial charge in [0.2, 0.25) is 0 Å². The van der Waals surface area contributed by atoms with Gasteiger partial charge in [-0.25, -0.2) is 0 Å². The van der Waals surface area contributed by atoms with E-state index in [1.165, 1.54) is 11.1 Å². The second-order valence-corrected chi connectivity index (χ2v) is 5.61. The largest absolute Gasteiger partial charge is 0.380 e. The highest BCUT2D eigenvalue weighted by Gasteiger charge is 1.98. The van der Waals surface area contributed by atoms with Gasteiger partial charge in [0.1, 0.15) is 0 Å². The maximum atomic E-state index is 4.96. The Morgan fingerprint density at radius 2 is 1.26 bits per heavy atom. The van der Waals surface area contributed by atoms with Gasteiger partial charge in [0.25, 0.3) is 0 Å². The minimum Gasteiger partial charge on any atom is -0.380 e. The minimum absolute atomic E-state index is 0.601. The number of rotatable bonds is 6. The summed E-state index contributed by atoms with van der Waals surface area (Å²) in [6.07, 6.45) is 0. The van der Waals surface area contributed by atoms with E-state index < -0.39 is 0 Å². The van der Waals surface area contributed by atoms with Crippen molar-refractivity contribution >= 4 is 11.1 Å². The summed E-state index contributed by atoms with van der Waals surface area (Å²) >= 11 is 0. The third-order valence-electron chi connectivity index (χ3n) is 3.19. The molecule has 2 aromatic rings. The van der Waals surface area contributed by atoms with Gasteiger partial charge in [-0.15, -0.1) is 0 Å². The highest BCUT2D eigenvalue weighted by molar-refractivity contribution is 5.64. The number of hydrogen-bond donors (Lipinski definition) is 0. The van der Waals surface area contributed by atoms with Gasteiger partial charge >= 0.3 is 0 Å². The van der Waals surface area contributed by atoms with Gasteiger partial charge in [-0.05, 0) is 36.4 Å². The maximum absolute atomic E-state index is 4.96.